The smallest absolute Gasteiger partial charge is 0.228 e. The van der Waals surface area contributed by atoms with Crippen LogP contribution in [-0.2, 0) is 22.4 Å². The van der Waals surface area contributed by atoms with E-state index >= 15 is 0 Å². The molecule has 0 N–H and O–H groups in total. The lowest BCUT2D eigenvalue weighted by Crippen LogP contribution is -2.51. The van der Waals surface area contributed by atoms with E-state index in [2.05, 4.69) is 9.97 Å². The van der Waals surface area contributed by atoms with Crippen LogP contribution in [0.3, 0.4) is 0 Å². The number of amides is 2. The number of pyridine rings is 1. The largest absolute Gasteiger partial charge is 0.339 e. The van der Waals surface area contributed by atoms with E-state index in [0.29, 0.717) is 45.4 Å². The van der Waals surface area contributed by atoms with Crippen LogP contribution in [0, 0.1) is 0 Å². The number of hydrogen-bond acceptors (Lipinski definition) is 5. The molecule has 0 bridgehead atoms. The summed E-state index contributed by atoms with van der Waals surface area (Å²) in [5.41, 5.74) is 0.782. The molecular weight excluding hydrogens is 324 g/mol. The van der Waals surface area contributed by atoms with E-state index in [0.717, 1.165) is 10.7 Å². The maximum Gasteiger partial charge on any atom is 0.228 e. The molecule has 0 radical (unpaired) electrons. The van der Waals surface area contributed by atoms with Crippen LogP contribution in [0.25, 0.3) is 0 Å². The fraction of sp³-hybridized carbons (Fsp3) is 0.412. The number of thiazole rings is 1. The second kappa shape index (κ2) is 8.01. The Hall–Kier alpha value is -2.28. The van der Waals surface area contributed by atoms with E-state index in [4.69, 9.17) is 0 Å². The zero-order chi connectivity index (χ0) is 16.8. The fourth-order valence-corrected chi connectivity index (χ4v) is 3.34. The van der Waals surface area contributed by atoms with Gasteiger partial charge >= 0.3 is 0 Å². The van der Waals surface area contributed by atoms with Gasteiger partial charge < -0.3 is 9.80 Å². The van der Waals surface area contributed by atoms with Gasteiger partial charge in [-0.25, -0.2) is 4.98 Å². The molecule has 7 heteroatoms. The normalized spacial score (nSPS) is 14.7. The number of nitrogens with zero attached hydrogens (tertiary/aromatic N) is 4. The van der Waals surface area contributed by atoms with Crippen molar-refractivity contribution in [3.63, 3.8) is 0 Å². The second-order valence-electron chi connectivity index (χ2n) is 5.69. The molecular formula is C17H20N4O2S. The minimum atomic E-state index is 0.0728. The monoisotopic (exact) mass is 344 g/mol. The van der Waals surface area contributed by atoms with Crippen LogP contribution >= 0.6 is 11.3 Å². The number of carbonyl (C=O) groups excluding carboxylic acids is 2. The van der Waals surface area contributed by atoms with Crippen molar-refractivity contribution in [2.75, 3.05) is 26.2 Å². The molecule has 0 saturated carbocycles. The van der Waals surface area contributed by atoms with Gasteiger partial charge in [0.05, 0.1) is 11.4 Å². The highest BCUT2D eigenvalue weighted by molar-refractivity contribution is 7.09. The summed E-state index contributed by atoms with van der Waals surface area (Å²) in [6.45, 7) is 2.39. The van der Waals surface area contributed by atoms with Crippen molar-refractivity contribution in [1.82, 2.24) is 19.8 Å². The molecule has 0 unspecified atom stereocenters. The maximum atomic E-state index is 12.3. The Morgan fingerprint density at radius 3 is 2.38 bits per heavy atom. The molecule has 6 nitrogen and oxygen atoms in total. The third kappa shape index (κ3) is 4.38. The first-order valence-electron chi connectivity index (χ1n) is 8.06. The Balaban J connectivity index is 1.43. The summed E-state index contributed by atoms with van der Waals surface area (Å²) in [6.07, 6.45) is 4.95. The molecule has 3 heterocycles. The van der Waals surface area contributed by atoms with Gasteiger partial charge in [0.1, 0.15) is 0 Å². The molecule has 2 aromatic rings. The van der Waals surface area contributed by atoms with Crippen molar-refractivity contribution in [2.45, 2.75) is 19.3 Å². The van der Waals surface area contributed by atoms with Crippen LogP contribution in [0.2, 0.25) is 0 Å². The van der Waals surface area contributed by atoms with Gasteiger partial charge in [-0.1, -0.05) is 6.07 Å². The lowest BCUT2D eigenvalue weighted by Gasteiger charge is -2.34. The molecule has 3 rings (SSSR count). The molecule has 1 aliphatic heterocycles. The highest BCUT2D eigenvalue weighted by atomic mass is 32.1. The number of aromatic nitrogens is 2. The standard InChI is InChI=1S/C17H20N4O2S/c22-16(5-4-15-19-7-12-24-15)20-8-10-21(11-9-20)17(23)13-14-3-1-2-6-18-14/h1-3,6-7,12H,4-5,8-11,13H2. The lowest BCUT2D eigenvalue weighted by molar-refractivity contribution is -0.139. The SMILES string of the molecule is O=C(CCc1nccs1)N1CCN(C(=O)Cc2ccccn2)CC1. The van der Waals surface area contributed by atoms with E-state index in [1.807, 2.05) is 33.4 Å². The molecule has 0 spiro atoms. The Bertz CT molecular complexity index is 667. The topological polar surface area (TPSA) is 66.4 Å². The minimum absolute atomic E-state index is 0.0728. The molecule has 0 aromatic carbocycles. The molecule has 2 aromatic heterocycles. The van der Waals surface area contributed by atoms with Crippen LogP contribution in [-0.4, -0.2) is 57.8 Å². The van der Waals surface area contributed by atoms with E-state index in [-0.39, 0.29) is 11.8 Å². The van der Waals surface area contributed by atoms with E-state index in [1.165, 1.54) is 0 Å². The summed E-state index contributed by atoms with van der Waals surface area (Å²) < 4.78 is 0. The maximum absolute atomic E-state index is 12.3. The molecule has 126 valence electrons. The first-order chi connectivity index (χ1) is 11.7. The zero-order valence-electron chi connectivity index (χ0n) is 13.4. The first kappa shape index (κ1) is 16.6. The van der Waals surface area contributed by atoms with E-state index in [9.17, 15) is 9.59 Å². The van der Waals surface area contributed by atoms with Gasteiger partial charge in [0.15, 0.2) is 0 Å². The van der Waals surface area contributed by atoms with Gasteiger partial charge in [-0.05, 0) is 12.1 Å². The van der Waals surface area contributed by atoms with Gasteiger partial charge in [-0.15, -0.1) is 11.3 Å². The van der Waals surface area contributed by atoms with Crippen LogP contribution in [0.5, 0.6) is 0 Å². The molecule has 1 aliphatic rings. The Kier molecular flexibility index (Phi) is 5.53. The van der Waals surface area contributed by atoms with Crippen LogP contribution < -0.4 is 0 Å². The average molecular weight is 344 g/mol. The van der Waals surface area contributed by atoms with Crippen molar-refractivity contribution in [3.05, 3.63) is 46.7 Å². The highest BCUT2D eigenvalue weighted by Gasteiger charge is 2.24. The van der Waals surface area contributed by atoms with Crippen molar-refractivity contribution in [2.24, 2.45) is 0 Å². The summed E-state index contributed by atoms with van der Waals surface area (Å²) in [5, 5.41) is 2.92. The number of carbonyl (C=O) groups is 2. The predicted molar refractivity (Wildman–Crippen MR) is 91.5 cm³/mol. The summed E-state index contributed by atoms with van der Waals surface area (Å²) in [6, 6.07) is 5.58. The fourth-order valence-electron chi connectivity index (χ4n) is 2.72. The van der Waals surface area contributed by atoms with Gasteiger partial charge in [-0.2, -0.15) is 0 Å². The van der Waals surface area contributed by atoms with Crippen LogP contribution in [0.15, 0.2) is 36.0 Å². The summed E-state index contributed by atoms with van der Waals surface area (Å²) in [7, 11) is 0. The summed E-state index contributed by atoms with van der Waals surface area (Å²) >= 11 is 1.58. The Labute approximate surface area is 145 Å². The number of hydrogen-bond donors (Lipinski definition) is 0. The molecule has 2 amide bonds. The Morgan fingerprint density at radius 1 is 1.00 bits per heavy atom. The van der Waals surface area contributed by atoms with Gasteiger partial charge in [0.25, 0.3) is 0 Å². The van der Waals surface area contributed by atoms with Crippen molar-refractivity contribution < 1.29 is 9.59 Å². The van der Waals surface area contributed by atoms with Gasteiger partial charge in [0.2, 0.25) is 11.8 Å². The van der Waals surface area contributed by atoms with Crippen molar-refractivity contribution in [1.29, 1.82) is 0 Å². The number of aryl methyl sites for hydroxylation is 1. The third-order valence-electron chi connectivity index (χ3n) is 4.08. The zero-order valence-corrected chi connectivity index (χ0v) is 14.2. The van der Waals surface area contributed by atoms with Crippen LogP contribution in [0.1, 0.15) is 17.1 Å². The van der Waals surface area contributed by atoms with E-state index < -0.39 is 0 Å². The number of rotatable bonds is 5. The average Bonchev–Trinajstić information content (AvgIpc) is 3.14. The molecule has 24 heavy (non-hydrogen) atoms. The van der Waals surface area contributed by atoms with Gasteiger partial charge in [-0.3, -0.25) is 14.6 Å². The summed E-state index contributed by atoms with van der Waals surface area (Å²) in [4.78, 5) is 36.6. The molecule has 0 aliphatic carbocycles. The summed E-state index contributed by atoms with van der Waals surface area (Å²) in [5.74, 6) is 0.214. The van der Waals surface area contributed by atoms with Gasteiger partial charge in [0, 0.05) is 62.5 Å². The minimum Gasteiger partial charge on any atom is -0.339 e. The second-order valence-corrected chi connectivity index (χ2v) is 6.66. The Morgan fingerprint density at radius 2 is 1.75 bits per heavy atom. The first-order valence-corrected chi connectivity index (χ1v) is 8.94. The molecule has 1 saturated heterocycles. The van der Waals surface area contributed by atoms with Crippen molar-refractivity contribution in [3.8, 4) is 0 Å². The highest BCUT2D eigenvalue weighted by Crippen LogP contribution is 2.11. The number of piperazine rings is 1. The lowest BCUT2D eigenvalue weighted by atomic mass is 10.2. The van der Waals surface area contributed by atoms with Crippen LogP contribution in [0.4, 0.5) is 0 Å². The third-order valence-corrected chi connectivity index (χ3v) is 4.92. The quantitative estimate of drug-likeness (QED) is 0.822. The molecule has 0 atom stereocenters. The predicted octanol–water partition coefficient (Wildman–Crippen LogP) is 1.38. The van der Waals surface area contributed by atoms with E-state index in [1.54, 1.807) is 23.7 Å². The molecule has 1 fully saturated rings. The van der Waals surface area contributed by atoms with Crippen molar-refractivity contribution >= 4 is 23.2 Å².